The average Bonchev–Trinajstić information content (AvgIpc) is 2.95. The molecule has 2 rings (SSSR count). The minimum absolute atomic E-state index is 0.121. The van der Waals surface area contributed by atoms with Crippen LogP contribution in [-0.2, 0) is 6.54 Å². The Morgan fingerprint density at radius 3 is 2.75 bits per heavy atom. The second kappa shape index (κ2) is 7.96. The van der Waals surface area contributed by atoms with Crippen LogP contribution in [0.25, 0.3) is 10.4 Å². The van der Waals surface area contributed by atoms with E-state index in [0.717, 1.165) is 15.4 Å². The van der Waals surface area contributed by atoms with Crippen molar-refractivity contribution in [2.24, 2.45) is 4.99 Å². The highest BCUT2D eigenvalue weighted by Gasteiger charge is 2.17. The Kier molecular flexibility index (Phi) is 5.97. The van der Waals surface area contributed by atoms with Crippen molar-refractivity contribution in [3.05, 3.63) is 39.9 Å². The summed E-state index contributed by atoms with van der Waals surface area (Å²) >= 11 is 1.51. The molecule has 2 aromatic heterocycles. The van der Waals surface area contributed by atoms with Gasteiger partial charge in [-0.25, -0.2) is 14.1 Å². The van der Waals surface area contributed by atoms with Crippen molar-refractivity contribution >= 4 is 22.7 Å². The van der Waals surface area contributed by atoms with Gasteiger partial charge in [0.2, 0.25) is 0 Å². The molecule has 0 aromatic carbocycles. The van der Waals surface area contributed by atoms with Crippen molar-refractivity contribution in [2.45, 2.75) is 20.4 Å². The number of allylic oxidation sites excluding steroid dienone is 2. The van der Waals surface area contributed by atoms with Gasteiger partial charge in [-0.15, -0.1) is 11.3 Å². The minimum atomic E-state index is -0.826. The Bertz CT molecular complexity index is 822. The molecule has 128 valence electrons. The van der Waals surface area contributed by atoms with E-state index in [-0.39, 0.29) is 12.1 Å². The lowest BCUT2D eigenvalue weighted by Crippen LogP contribution is -2.31. The fourth-order valence-electron chi connectivity index (χ4n) is 2.27. The van der Waals surface area contributed by atoms with Crippen molar-refractivity contribution in [3.8, 4) is 10.4 Å². The number of alkyl halides is 1. The molecule has 2 aromatic rings. The quantitative estimate of drug-likeness (QED) is 0.594. The lowest BCUT2D eigenvalue weighted by atomic mass is 10.2. The van der Waals surface area contributed by atoms with E-state index >= 15 is 0 Å². The molecule has 0 aliphatic carbocycles. The number of halogens is 1. The minimum Gasteiger partial charge on any atom is -0.373 e. The summed E-state index contributed by atoms with van der Waals surface area (Å²) in [6.07, 6.45) is 6.81. The van der Waals surface area contributed by atoms with Crippen LogP contribution in [0, 0.1) is 6.92 Å². The summed E-state index contributed by atoms with van der Waals surface area (Å²) in [7, 11) is 3.61. The Balaban J connectivity index is 2.52. The Hall–Kier alpha value is -2.35. The molecule has 0 saturated heterocycles. The van der Waals surface area contributed by atoms with Gasteiger partial charge in [-0.2, -0.15) is 5.10 Å². The van der Waals surface area contributed by atoms with E-state index in [2.05, 4.69) is 15.1 Å². The first kappa shape index (κ1) is 18.0. The van der Waals surface area contributed by atoms with Gasteiger partial charge in [0, 0.05) is 25.9 Å². The van der Waals surface area contributed by atoms with Gasteiger partial charge in [-0.05, 0) is 19.9 Å². The maximum Gasteiger partial charge on any atom is 0.291 e. The third kappa shape index (κ3) is 3.94. The molecular formula is C16H20FN5OS. The van der Waals surface area contributed by atoms with Gasteiger partial charge in [0.05, 0.1) is 28.3 Å². The highest BCUT2D eigenvalue weighted by Crippen LogP contribution is 2.30. The van der Waals surface area contributed by atoms with Crippen LogP contribution in [0.4, 0.5) is 10.1 Å². The number of rotatable bonds is 6. The van der Waals surface area contributed by atoms with E-state index < -0.39 is 6.80 Å². The summed E-state index contributed by atoms with van der Waals surface area (Å²) in [5.41, 5.74) is 1.47. The smallest absolute Gasteiger partial charge is 0.291 e. The molecule has 0 spiro atoms. The summed E-state index contributed by atoms with van der Waals surface area (Å²) in [6.45, 7) is 3.02. The van der Waals surface area contributed by atoms with Crippen LogP contribution in [0.2, 0.25) is 0 Å². The zero-order chi connectivity index (χ0) is 17.7. The first-order chi connectivity index (χ1) is 11.5. The third-order valence-electron chi connectivity index (χ3n) is 3.29. The van der Waals surface area contributed by atoms with Crippen molar-refractivity contribution < 1.29 is 4.39 Å². The zero-order valence-corrected chi connectivity index (χ0v) is 15.0. The number of hydrogen-bond acceptors (Lipinski definition) is 6. The molecular weight excluding hydrogens is 329 g/mol. The highest BCUT2D eigenvalue weighted by molar-refractivity contribution is 7.15. The molecule has 0 N–H and O–H groups in total. The monoisotopic (exact) mass is 349 g/mol. The summed E-state index contributed by atoms with van der Waals surface area (Å²) in [4.78, 5) is 23.5. The van der Waals surface area contributed by atoms with Crippen molar-refractivity contribution in [1.29, 1.82) is 0 Å². The molecule has 8 heteroatoms. The first-order valence-corrected chi connectivity index (χ1v) is 8.21. The van der Waals surface area contributed by atoms with Gasteiger partial charge >= 0.3 is 0 Å². The van der Waals surface area contributed by atoms with Gasteiger partial charge in [0.15, 0.2) is 6.80 Å². The topological polar surface area (TPSA) is 63.4 Å². The molecule has 0 saturated carbocycles. The highest BCUT2D eigenvalue weighted by atomic mass is 32.1. The van der Waals surface area contributed by atoms with Crippen LogP contribution in [0.15, 0.2) is 34.3 Å². The maximum atomic E-state index is 12.8. The molecule has 24 heavy (non-hydrogen) atoms. The normalized spacial score (nSPS) is 12.1. The van der Waals surface area contributed by atoms with E-state index in [4.69, 9.17) is 0 Å². The van der Waals surface area contributed by atoms with Gasteiger partial charge < -0.3 is 4.90 Å². The van der Waals surface area contributed by atoms with E-state index in [1.807, 2.05) is 13.8 Å². The van der Waals surface area contributed by atoms with Gasteiger partial charge in [-0.1, -0.05) is 6.08 Å². The van der Waals surface area contributed by atoms with Crippen molar-refractivity contribution in [1.82, 2.24) is 14.8 Å². The number of aliphatic imine (C=N–C) groups is 1. The molecule has 0 aliphatic heterocycles. The molecule has 0 unspecified atom stereocenters. The standard InChI is InChI=1S/C16H20FN5OS/c1-5-6-12(19-10-17)9-22-16(23)15(21(3)4)13(7-20-22)14-8-18-11(2)24-14/h5-8H,9-10H2,1-4H3/b6-5-,19-12+. The number of aryl methyl sites for hydroxylation is 1. The summed E-state index contributed by atoms with van der Waals surface area (Å²) < 4.78 is 13.8. The molecule has 6 nitrogen and oxygen atoms in total. The second-order valence-corrected chi connectivity index (χ2v) is 6.51. The molecule has 0 radical (unpaired) electrons. The number of nitrogens with zero attached hydrogens (tertiary/aromatic N) is 5. The van der Waals surface area contributed by atoms with Crippen molar-refractivity contribution in [2.75, 3.05) is 25.8 Å². The van der Waals surface area contributed by atoms with Crippen LogP contribution in [0.5, 0.6) is 0 Å². The lowest BCUT2D eigenvalue weighted by Gasteiger charge is -2.17. The molecule has 0 bridgehead atoms. The third-order valence-corrected chi connectivity index (χ3v) is 4.23. The summed E-state index contributed by atoms with van der Waals surface area (Å²) in [6, 6.07) is 0. The fourth-order valence-corrected chi connectivity index (χ4v) is 3.06. The van der Waals surface area contributed by atoms with Crippen LogP contribution in [-0.4, -0.2) is 41.4 Å². The Morgan fingerprint density at radius 1 is 1.46 bits per heavy atom. The van der Waals surface area contributed by atoms with Gasteiger partial charge in [0.25, 0.3) is 5.56 Å². The number of anilines is 1. The molecule has 2 heterocycles. The van der Waals surface area contributed by atoms with Gasteiger partial charge in [-0.3, -0.25) is 9.79 Å². The summed E-state index contributed by atoms with van der Waals surface area (Å²) in [5.74, 6) is 0. The van der Waals surface area contributed by atoms with E-state index in [1.54, 1.807) is 43.5 Å². The Morgan fingerprint density at radius 2 is 2.21 bits per heavy atom. The molecule has 0 amide bonds. The maximum absolute atomic E-state index is 12.8. The number of aromatic nitrogens is 3. The zero-order valence-electron chi connectivity index (χ0n) is 14.2. The molecule has 0 aliphatic rings. The van der Waals surface area contributed by atoms with Crippen LogP contribution < -0.4 is 10.5 Å². The van der Waals surface area contributed by atoms with Crippen LogP contribution in [0.1, 0.15) is 11.9 Å². The van der Waals surface area contributed by atoms with Gasteiger partial charge in [0.1, 0.15) is 5.69 Å². The number of thiazole rings is 1. The van der Waals surface area contributed by atoms with E-state index in [9.17, 15) is 9.18 Å². The predicted molar refractivity (Wildman–Crippen MR) is 96.9 cm³/mol. The lowest BCUT2D eigenvalue weighted by molar-refractivity contribution is 0.510. The van der Waals surface area contributed by atoms with Crippen LogP contribution >= 0.6 is 11.3 Å². The van der Waals surface area contributed by atoms with E-state index in [0.29, 0.717) is 11.4 Å². The van der Waals surface area contributed by atoms with E-state index in [1.165, 1.54) is 16.0 Å². The fraction of sp³-hybridized carbons (Fsp3) is 0.375. The van der Waals surface area contributed by atoms with Crippen molar-refractivity contribution in [3.63, 3.8) is 0 Å². The Labute approximate surface area is 144 Å². The SMILES string of the molecule is C/C=C\C(Cn1ncc(-c2cnc(C)s2)c(N(C)C)c1=O)=N/CF. The molecule has 0 fully saturated rings. The predicted octanol–water partition coefficient (Wildman–Crippen LogP) is 2.69. The number of hydrogen-bond donors (Lipinski definition) is 0. The molecule has 0 atom stereocenters. The van der Waals surface area contributed by atoms with Crippen LogP contribution in [0.3, 0.4) is 0 Å². The largest absolute Gasteiger partial charge is 0.373 e. The summed E-state index contributed by atoms with van der Waals surface area (Å²) in [5, 5.41) is 5.15. The first-order valence-electron chi connectivity index (χ1n) is 7.40. The second-order valence-electron chi connectivity index (χ2n) is 5.28. The average molecular weight is 349 g/mol.